The molecular weight excluding hydrogens is 114 g/mol. The quantitative estimate of drug-likeness (QED) is 0.385. The Labute approximate surface area is 55.2 Å². The maximum absolute atomic E-state index is 3.40. The normalized spacial score (nSPS) is 49.7. The van der Waals surface area contributed by atoms with Gasteiger partial charge in [0, 0.05) is 31.3 Å². The fourth-order valence-electron chi connectivity index (χ4n) is 1.74. The summed E-state index contributed by atoms with van der Waals surface area (Å²) in [5.41, 5.74) is 0. The SMILES string of the molecule is CC1NCC2NCNC12. The number of fused-ring (bicyclic) bond motifs is 1. The average Bonchev–Trinajstić information content (AvgIpc) is 2.35. The average molecular weight is 127 g/mol. The van der Waals surface area contributed by atoms with Crippen molar-refractivity contribution in [3.05, 3.63) is 0 Å². The van der Waals surface area contributed by atoms with Crippen LogP contribution in [0.25, 0.3) is 0 Å². The van der Waals surface area contributed by atoms with Gasteiger partial charge in [0.1, 0.15) is 0 Å². The maximum atomic E-state index is 3.40. The summed E-state index contributed by atoms with van der Waals surface area (Å²) < 4.78 is 0. The van der Waals surface area contributed by atoms with E-state index in [0.29, 0.717) is 18.1 Å². The molecule has 0 aliphatic carbocycles. The highest BCUT2D eigenvalue weighted by Gasteiger charge is 2.35. The van der Waals surface area contributed by atoms with E-state index < -0.39 is 0 Å². The molecule has 0 amide bonds. The van der Waals surface area contributed by atoms with Crippen LogP contribution in [0.2, 0.25) is 0 Å². The second-order valence-electron chi connectivity index (χ2n) is 2.91. The van der Waals surface area contributed by atoms with E-state index in [1.807, 2.05) is 0 Å². The molecular formula is C6H13N3. The van der Waals surface area contributed by atoms with Gasteiger partial charge in [-0.15, -0.1) is 0 Å². The lowest BCUT2D eigenvalue weighted by Gasteiger charge is -2.11. The van der Waals surface area contributed by atoms with Crippen LogP contribution in [0.4, 0.5) is 0 Å². The van der Waals surface area contributed by atoms with Crippen molar-refractivity contribution in [1.82, 2.24) is 16.0 Å². The molecule has 2 saturated heterocycles. The summed E-state index contributed by atoms with van der Waals surface area (Å²) in [4.78, 5) is 0. The first-order valence-corrected chi connectivity index (χ1v) is 3.58. The third-order valence-electron chi connectivity index (χ3n) is 2.33. The Balaban J connectivity index is 2.07. The maximum Gasteiger partial charge on any atom is 0.0460 e. The van der Waals surface area contributed by atoms with E-state index in [4.69, 9.17) is 0 Å². The van der Waals surface area contributed by atoms with Crippen molar-refractivity contribution in [2.45, 2.75) is 25.0 Å². The van der Waals surface area contributed by atoms with Gasteiger partial charge in [-0.1, -0.05) is 0 Å². The molecule has 3 unspecified atom stereocenters. The predicted molar refractivity (Wildman–Crippen MR) is 36.2 cm³/mol. The van der Waals surface area contributed by atoms with Gasteiger partial charge < -0.3 is 5.32 Å². The Morgan fingerprint density at radius 2 is 2.11 bits per heavy atom. The van der Waals surface area contributed by atoms with Gasteiger partial charge in [0.2, 0.25) is 0 Å². The minimum absolute atomic E-state index is 0.644. The third kappa shape index (κ3) is 0.764. The van der Waals surface area contributed by atoms with Crippen LogP contribution >= 0.6 is 0 Å². The van der Waals surface area contributed by atoms with Crippen molar-refractivity contribution in [3.8, 4) is 0 Å². The Hall–Kier alpha value is -0.120. The highest BCUT2D eigenvalue weighted by Crippen LogP contribution is 2.10. The summed E-state index contributed by atoms with van der Waals surface area (Å²) in [7, 11) is 0. The summed E-state index contributed by atoms with van der Waals surface area (Å²) in [6, 6.07) is 2.00. The summed E-state index contributed by atoms with van der Waals surface area (Å²) in [5.74, 6) is 0. The summed E-state index contributed by atoms with van der Waals surface area (Å²) in [5, 5.41) is 10.2. The molecule has 0 aromatic carbocycles. The Morgan fingerprint density at radius 3 is 2.89 bits per heavy atom. The molecule has 3 nitrogen and oxygen atoms in total. The number of nitrogens with one attached hydrogen (secondary N) is 3. The highest BCUT2D eigenvalue weighted by molar-refractivity contribution is 5.00. The fourth-order valence-corrected chi connectivity index (χ4v) is 1.74. The van der Waals surface area contributed by atoms with E-state index in [-0.39, 0.29) is 0 Å². The lowest BCUT2D eigenvalue weighted by molar-refractivity contribution is 0.523. The number of hydrogen-bond donors (Lipinski definition) is 3. The fraction of sp³-hybridized carbons (Fsp3) is 1.00. The standard InChI is InChI=1S/C6H13N3/c1-4-6-5(2-7-4)8-3-9-6/h4-9H,2-3H2,1H3. The topological polar surface area (TPSA) is 36.1 Å². The van der Waals surface area contributed by atoms with Crippen molar-refractivity contribution < 1.29 is 0 Å². The van der Waals surface area contributed by atoms with E-state index in [2.05, 4.69) is 22.9 Å². The summed E-state index contributed by atoms with van der Waals surface area (Å²) in [6.45, 7) is 4.34. The van der Waals surface area contributed by atoms with E-state index >= 15 is 0 Å². The zero-order valence-corrected chi connectivity index (χ0v) is 5.65. The van der Waals surface area contributed by atoms with Crippen molar-refractivity contribution >= 4 is 0 Å². The first kappa shape index (κ1) is 5.65. The molecule has 0 aromatic heterocycles. The smallest absolute Gasteiger partial charge is 0.0460 e. The molecule has 2 fully saturated rings. The van der Waals surface area contributed by atoms with Crippen LogP contribution in [0.3, 0.4) is 0 Å². The van der Waals surface area contributed by atoms with Crippen LogP contribution < -0.4 is 16.0 Å². The predicted octanol–water partition coefficient (Wildman–Crippen LogP) is -1.13. The molecule has 2 rings (SSSR count). The second-order valence-corrected chi connectivity index (χ2v) is 2.91. The molecule has 3 atom stereocenters. The molecule has 0 spiro atoms. The molecule has 0 saturated carbocycles. The molecule has 9 heavy (non-hydrogen) atoms. The largest absolute Gasteiger partial charge is 0.311 e. The van der Waals surface area contributed by atoms with Gasteiger partial charge in [-0.3, -0.25) is 10.6 Å². The Bertz CT molecular complexity index is 115. The molecule has 3 N–H and O–H groups in total. The van der Waals surface area contributed by atoms with Gasteiger partial charge in [-0.25, -0.2) is 0 Å². The van der Waals surface area contributed by atoms with Crippen LogP contribution in [0.1, 0.15) is 6.92 Å². The van der Waals surface area contributed by atoms with Crippen molar-refractivity contribution in [2.24, 2.45) is 0 Å². The van der Waals surface area contributed by atoms with Crippen LogP contribution in [0.15, 0.2) is 0 Å². The first-order chi connectivity index (χ1) is 4.38. The van der Waals surface area contributed by atoms with E-state index in [0.717, 1.165) is 13.2 Å². The van der Waals surface area contributed by atoms with Gasteiger partial charge in [-0.05, 0) is 6.92 Å². The molecule has 0 aromatic rings. The third-order valence-corrected chi connectivity index (χ3v) is 2.33. The van der Waals surface area contributed by atoms with Crippen molar-refractivity contribution in [3.63, 3.8) is 0 Å². The molecule has 3 heteroatoms. The number of rotatable bonds is 0. The first-order valence-electron chi connectivity index (χ1n) is 3.58. The van der Waals surface area contributed by atoms with E-state index in [9.17, 15) is 0 Å². The van der Waals surface area contributed by atoms with Gasteiger partial charge >= 0.3 is 0 Å². The minimum Gasteiger partial charge on any atom is -0.311 e. The zero-order chi connectivity index (χ0) is 6.27. The molecule has 2 aliphatic rings. The monoisotopic (exact) mass is 127 g/mol. The zero-order valence-electron chi connectivity index (χ0n) is 5.65. The molecule has 0 radical (unpaired) electrons. The number of hydrogen-bond acceptors (Lipinski definition) is 3. The van der Waals surface area contributed by atoms with E-state index in [1.165, 1.54) is 0 Å². The second kappa shape index (κ2) is 1.94. The Kier molecular flexibility index (Phi) is 1.22. The minimum atomic E-state index is 0.644. The summed E-state index contributed by atoms with van der Waals surface area (Å²) in [6.07, 6.45) is 0. The lowest BCUT2D eigenvalue weighted by atomic mass is 10.1. The van der Waals surface area contributed by atoms with Crippen LogP contribution in [0.5, 0.6) is 0 Å². The molecule has 52 valence electrons. The van der Waals surface area contributed by atoms with Gasteiger partial charge in [0.05, 0.1) is 0 Å². The lowest BCUT2D eigenvalue weighted by Crippen LogP contribution is -2.37. The molecule has 2 aliphatic heterocycles. The van der Waals surface area contributed by atoms with Gasteiger partial charge in [-0.2, -0.15) is 0 Å². The highest BCUT2D eigenvalue weighted by atomic mass is 15.3. The van der Waals surface area contributed by atoms with Crippen molar-refractivity contribution in [2.75, 3.05) is 13.2 Å². The van der Waals surface area contributed by atoms with Crippen LogP contribution in [-0.2, 0) is 0 Å². The van der Waals surface area contributed by atoms with Crippen LogP contribution in [0, 0.1) is 0 Å². The summed E-state index contributed by atoms with van der Waals surface area (Å²) >= 11 is 0. The Morgan fingerprint density at radius 1 is 1.22 bits per heavy atom. The van der Waals surface area contributed by atoms with E-state index in [1.54, 1.807) is 0 Å². The van der Waals surface area contributed by atoms with Gasteiger partial charge in [0.15, 0.2) is 0 Å². The van der Waals surface area contributed by atoms with Gasteiger partial charge in [0.25, 0.3) is 0 Å². The molecule has 0 bridgehead atoms. The molecule has 2 heterocycles. The van der Waals surface area contributed by atoms with Crippen LogP contribution in [-0.4, -0.2) is 31.3 Å². The van der Waals surface area contributed by atoms with Crippen molar-refractivity contribution in [1.29, 1.82) is 0 Å².